The fourth-order valence-electron chi connectivity index (χ4n) is 5.23. The van der Waals surface area contributed by atoms with Crippen LogP contribution in [-0.4, -0.2) is 116 Å². The van der Waals surface area contributed by atoms with E-state index in [1.807, 2.05) is 0 Å². The Labute approximate surface area is 308 Å². The molecule has 0 aliphatic carbocycles. The van der Waals surface area contributed by atoms with Crippen LogP contribution in [0.25, 0.3) is 10.9 Å². The maximum atomic E-state index is 13.5. The van der Waals surface area contributed by atoms with Gasteiger partial charge in [0.25, 0.3) is 0 Å². The average Bonchev–Trinajstić information content (AvgIpc) is 3.49. The molecule has 0 fully saturated rings. The highest BCUT2D eigenvalue weighted by Crippen LogP contribution is 2.19. The van der Waals surface area contributed by atoms with E-state index in [2.05, 4.69) is 31.6 Å². The molecule has 2 aromatic rings. The van der Waals surface area contributed by atoms with E-state index in [0.717, 1.165) is 0 Å². The first kappa shape index (κ1) is 44.1. The number of carbonyl (C=O) groups excluding carboxylic acids is 7. The average molecular weight is 762 g/mol. The number of aromatic amines is 1. The van der Waals surface area contributed by atoms with Crippen molar-refractivity contribution >= 4 is 64.2 Å². The van der Waals surface area contributed by atoms with Gasteiger partial charge in [-0.15, -0.1) is 0 Å². The van der Waals surface area contributed by atoms with E-state index in [1.165, 1.54) is 0 Å². The summed E-state index contributed by atoms with van der Waals surface area (Å²) in [7, 11) is 0. The van der Waals surface area contributed by atoms with Crippen LogP contribution < -0.4 is 43.8 Å². The number of fused-ring (bicyclic) bond motifs is 1. The van der Waals surface area contributed by atoms with Gasteiger partial charge in [-0.1, -0.05) is 32.0 Å². The van der Waals surface area contributed by atoms with Crippen LogP contribution in [0.1, 0.15) is 51.5 Å². The highest BCUT2D eigenvalue weighted by Gasteiger charge is 2.34. The van der Waals surface area contributed by atoms with Crippen molar-refractivity contribution in [1.29, 1.82) is 0 Å². The molecule has 1 heterocycles. The molecule has 0 radical (unpaired) electrons. The number of hydrogen-bond donors (Lipinski definition) is 12. The van der Waals surface area contributed by atoms with E-state index < -0.39 is 122 Å². The van der Waals surface area contributed by atoms with E-state index in [4.69, 9.17) is 17.2 Å². The molecule has 1 aromatic carbocycles. The Balaban J connectivity index is 2.30. The van der Waals surface area contributed by atoms with Crippen molar-refractivity contribution in [1.82, 2.24) is 31.6 Å². The van der Waals surface area contributed by atoms with Crippen molar-refractivity contribution in [3.05, 3.63) is 36.0 Å². The minimum absolute atomic E-state index is 0.0313. The van der Waals surface area contributed by atoms with Crippen molar-refractivity contribution in [2.45, 2.75) is 88.6 Å². The zero-order valence-corrected chi connectivity index (χ0v) is 29.6. The first-order valence-corrected chi connectivity index (χ1v) is 16.8. The summed E-state index contributed by atoms with van der Waals surface area (Å²) < 4.78 is 0. The molecule has 21 nitrogen and oxygen atoms in total. The predicted octanol–water partition coefficient (Wildman–Crippen LogP) is -3.80. The molecule has 0 spiro atoms. The van der Waals surface area contributed by atoms with Crippen molar-refractivity contribution < 1.29 is 58.5 Å². The minimum atomic E-state index is -1.86. The number of amides is 7. The first-order chi connectivity index (χ1) is 25.3. The lowest BCUT2D eigenvalue weighted by Crippen LogP contribution is -2.60. The summed E-state index contributed by atoms with van der Waals surface area (Å²) in [4.78, 5) is 116. The number of H-pyrrole nitrogens is 1. The Hall–Kier alpha value is -6.09. The molecule has 1 aromatic heterocycles. The maximum Gasteiger partial charge on any atom is 0.326 e. The van der Waals surface area contributed by atoms with Gasteiger partial charge in [0.2, 0.25) is 41.4 Å². The number of aromatic nitrogens is 1. The molecule has 0 aliphatic heterocycles. The lowest BCUT2D eigenvalue weighted by atomic mass is 10.0. The maximum absolute atomic E-state index is 13.5. The van der Waals surface area contributed by atoms with Crippen LogP contribution in [0.2, 0.25) is 0 Å². The molecule has 21 heteroatoms. The summed E-state index contributed by atoms with van der Waals surface area (Å²) in [5.41, 5.74) is 17.4. The number of aliphatic hydroxyl groups excluding tert-OH is 1. The van der Waals surface area contributed by atoms with Crippen LogP contribution in [0, 0.1) is 5.92 Å². The normalized spacial score (nSPS) is 14.4. The fraction of sp³-hybridized carbons (Fsp3) is 0.485. The second-order valence-electron chi connectivity index (χ2n) is 12.9. The monoisotopic (exact) mass is 761 g/mol. The van der Waals surface area contributed by atoms with Gasteiger partial charge in [-0.05, 0) is 30.4 Å². The van der Waals surface area contributed by atoms with Crippen LogP contribution in [0.4, 0.5) is 0 Å². The Kier molecular flexibility index (Phi) is 17.0. The molecule has 7 amide bonds. The van der Waals surface area contributed by atoms with E-state index in [9.17, 15) is 58.5 Å². The lowest BCUT2D eigenvalue weighted by Gasteiger charge is -2.27. The van der Waals surface area contributed by atoms with Gasteiger partial charge in [0.05, 0.1) is 19.4 Å². The third kappa shape index (κ3) is 14.1. The van der Waals surface area contributed by atoms with E-state index in [-0.39, 0.29) is 18.8 Å². The Morgan fingerprint density at radius 3 is 1.69 bits per heavy atom. The van der Waals surface area contributed by atoms with Gasteiger partial charge in [0, 0.05) is 29.9 Å². The molecular formula is C33H47N9O12. The van der Waals surface area contributed by atoms with Gasteiger partial charge < -0.3 is 64.1 Å². The standard InChI is InChI=1S/C33H47N9O12/c1-15(2)9-21(39-28(48)18(34)14-43)30(50)38-20(7-8-27(46)47)29(49)40-22(11-25(35)44)31(51)41-23(12-26(36)45)32(52)42-24(33(53)54)10-16-13-37-19-6-4-3-5-17(16)19/h3-6,13,15,18,20-24,37,43H,7-12,14,34H2,1-2H3,(H2,35,44)(H2,36,45)(H,38,50)(H,39,48)(H,40,49)(H,41,51)(H,42,52)(H,46,47)(H,53,54)/t18-,20-,21-,22-,23-,24-/m0/s1. The summed E-state index contributed by atoms with van der Waals surface area (Å²) >= 11 is 0. The van der Waals surface area contributed by atoms with Gasteiger partial charge in [0.15, 0.2) is 0 Å². The smallest absolute Gasteiger partial charge is 0.326 e. The lowest BCUT2D eigenvalue weighted by molar-refractivity contribution is -0.142. The van der Waals surface area contributed by atoms with Crippen molar-refractivity contribution in [3.8, 4) is 0 Å². The molecule has 54 heavy (non-hydrogen) atoms. The molecule has 0 saturated heterocycles. The molecule has 0 aliphatic rings. The molecule has 15 N–H and O–H groups in total. The zero-order chi connectivity index (χ0) is 40.7. The number of primary amides is 2. The summed E-state index contributed by atoms with van der Waals surface area (Å²) in [5, 5.41) is 40.3. The highest BCUT2D eigenvalue weighted by atomic mass is 16.4. The van der Waals surface area contributed by atoms with Crippen LogP contribution >= 0.6 is 0 Å². The number of carboxylic acids is 2. The molecule has 296 valence electrons. The summed E-state index contributed by atoms with van der Waals surface area (Å²) in [6.45, 7) is 2.71. The van der Waals surface area contributed by atoms with Crippen molar-refractivity contribution in [2.24, 2.45) is 23.1 Å². The number of carboxylic acid groups (broad SMARTS) is 2. The van der Waals surface area contributed by atoms with Crippen LogP contribution in [0.5, 0.6) is 0 Å². The number of benzene rings is 1. The Morgan fingerprint density at radius 1 is 0.704 bits per heavy atom. The largest absolute Gasteiger partial charge is 0.481 e. The predicted molar refractivity (Wildman–Crippen MR) is 188 cm³/mol. The third-order valence-corrected chi connectivity index (χ3v) is 7.94. The van der Waals surface area contributed by atoms with E-state index >= 15 is 0 Å². The summed E-state index contributed by atoms with van der Waals surface area (Å²) in [6, 6.07) is -2.56. The Morgan fingerprint density at radius 2 is 1.19 bits per heavy atom. The number of carbonyl (C=O) groups is 9. The molecule has 2 rings (SSSR count). The van der Waals surface area contributed by atoms with Crippen LogP contribution in [-0.2, 0) is 49.6 Å². The first-order valence-electron chi connectivity index (χ1n) is 16.8. The third-order valence-electron chi connectivity index (χ3n) is 7.94. The topological polar surface area (TPSA) is 368 Å². The highest BCUT2D eigenvalue weighted by molar-refractivity contribution is 5.99. The number of aliphatic hydroxyl groups is 1. The van der Waals surface area contributed by atoms with Crippen LogP contribution in [0.15, 0.2) is 30.5 Å². The van der Waals surface area contributed by atoms with Gasteiger partial charge in [-0.3, -0.25) is 38.4 Å². The number of nitrogens with one attached hydrogen (secondary N) is 6. The van der Waals surface area contributed by atoms with E-state index in [1.54, 1.807) is 44.3 Å². The zero-order valence-electron chi connectivity index (χ0n) is 29.6. The number of rotatable bonds is 23. The quantitative estimate of drug-likeness (QED) is 0.0518. The molecular weight excluding hydrogens is 714 g/mol. The van der Waals surface area contributed by atoms with Gasteiger partial charge in [-0.25, -0.2) is 4.79 Å². The number of para-hydroxylation sites is 1. The fourth-order valence-corrected chi connectivity index (χ4v) is 5.23. The van der Waals surface area contributed by atoms with Crippen LogP contribution in [0.3, 0.4) is 0 Å². The minimum Gasteiger partial charge on any atom is -0.481 e. The summed E-state index contributed by atoms with van der Waals surface area (Å²) in [5.74, 6) is -10.6. The van der Waals surface area contributed by atoms with Gasteiger partial charge in [-0.2, -0.15) is 0 Å². The molecule has 6 atom stereocenters. The van der Waals surface area contributed by atoms with Gasteiger partial charge in [0.1, 0.15) is 36.3 Å². The Bertz CT molecular complexity index is 1710. The second kappa shape index (κ2) is 20.8. The molecule has 0 saturated carbocycles. The van der Waals surface area contributed by atoms with E-state index in [0.29, 0.717) is 16.5 Å². The second-order valence-corrected chi connectivity index (χ2v) is 12.9. The van der Waals surface area contributed by atoms with Crippen molar-refractivity contribution in [2.75, 3.05) is 6.61 Å². The number of hydrogen-bond acceptors (Lipinski definition) is 11. The summed E-state index contributed by atoms with van der Waals surface area (Å²) in [6.07, 6.45) is -1.53. The molecule has 0 unspecified atom stereocenters. The number of nitrogens with two attached hydrogens (primary N) is 3. The number of aliphatic carboxylic acids is 2. The SMILES string of the molecule is CC(C)C[C@H](NC(=O)[C@@H](N)CO)C(=O)N[C@@H](CCC(=O)O)C(=O)N[C@@H](CC(N)=O)C(=O)N[C@@H](CC(N)=O)C(=O)N[C@@H](Cc1c[nH]c2ccccc12)C(=O)O. The molecule has 0 bridgehead atoms. The van der Waals surface area contributed by atoms with Crippen molar-refractivity contribution in [3.63, 3.8) is 0 Å². The van der Waals surface area contributed by atoms with Gasteiger partial charge >= 0.3 is 11.9 Å².